The molecule has 35 heavy (non-hydrogen) atoms. The lowest BCUT2D eigenvalue weighted by Gasteiger charge is -2.34. The summed E-state index contributed by atoms with van der Waals surface area (Å²) in [6.07, 6.45) is 2.50. The maximum absolute atomic E-state index is 9.64. The van der Waals surface area contributed by atoms with Crippen molar-refractivity contribution in [3.05, 3.63) is 64.7 Å². The first-order valence-electron chi connectivity index (χ1n) is 13.2. The van der Waals surface area contributed by atoms with Crippen molar-refractivity contribution < 1.29 is 30.4 Å². The maximum atomic E-state index is 9.64. The van der Waals surface area contributed by atoms with Crippen LogP contribution in [0.4, 0.5) is 0 Å². The Balaban J connectivity index is 0.000000459. The highest BCUT2D eigenvalue weighted by Gasteiger charge is 2.21. The minimum absolute atomic E-state index is 0.296. The molecule has 188 valence electrons. The van der Waals surface area contributed by atoms with Gasteiger partial charge in [0.15, 0.2) is 0 Å². The van der Waals surface area contributed by atoms with E-state index in [-0.39, 0.29) is 12.8 Å². The molecule has 0 unspecified atom stereocenters. The fraction of sp³-hybridized carbons (Fsp3) is 0.385. The molecule has 0 atom stereocenters. The van der Waals surface area contributed by atoms with Crippen molar-refractivity contribution in [2.45, 2.75) is 29.1 Å². The average molecular weight is 523 g/mol. The van der Waals surface area contributed by atoms with Gasteiger partial charge in [0.05, 0.1) is 22.1 Å². The average Bonchev–Trinajstić information content (AvgIpc) is 2.87. The number of aliphatic hydroxyl groups is 1. The molecule has 0 aliphatic carbocycles. The minimum Gasteiger partial charge on any atom is -0.481 e. The van der Waals surface area contributed by atoms with Gasteiger partial charge in [-0.1, -0.05) is 47.6 Å². The first kappa shape index (κ1) is 21.9. The number of carbonyl (C=O) groups is 2. The summed E-state index contributed by atoms with van der Waals surface area (Å²) >= 11 is 8.04. The van der Waals surface area contributed by atoms with E-state index in [4.69, 9.17) is 27.3 Å². The molecule has 0 amide bonds. The van der Waals surface area contributed by atoms with E-state index >= 15 is 0 Å². The van der Waals surface area contributed by atoms with Crippen molar-refractivity contribution in [1.82, 2.24) is 9.80 Å². The Kier molecular flexibility index (Phi) is 8.54. The lowest BCUT2D eigenvalue weighted by molar-refractivity contribution is -0.143. The Morgan fingerprint density at radius 3 is 2.26 bits per heavy atom. The largest absolute Gasteiger partial charge is 0.481 e. The molecule has 0 radical (unpaired) electrons. The summed E-state index contributed by atoms with van der Waals surface area (Å²) in [6, 6.07) is 14.4. The Bertz CT molecular complexity index is 1200. The number of aliphatic carboxylic acids is 2. The van der Waals surface area contributed by atoms with Crippen LogP contribution >= 0.6 is 23.4 Å². The predicted molar refractivity (Wildman–Crippen MR) is 138 cm³/mol. The van der Waals surface area contributed by atoms with Gasteiger partial charge in [0.1, 0.15) is 0 Å². The summed E-state index contributed by atoms with van der Waals surface area (Å²) < 4.78 is 30.5. The fourth-order valence-electron chi connectivity index (χ4n) is 3.82. The zero-order valence-electron chi connectivity index (χ0n) is 23.1. The number of piperazine rings is 1. The third-order valence-electron chi connectivity index (χ3n) is 5.56. The van der Waals surface area contributed by atoms with Crippen molar-refractivity contribution in [2.75, 3.05) is 45.8 Å². The van der Waals surface area contributed by atoms with Crippen LogP contribution in [0, 0.1) is 0 Å². The van der Waals surface area contributed by atoms with E-state index in [1.807, 2.05) is 12.1 Å². The van der Waals surface area contributed by atoms with E-state index in [9.17, 15) is 14.7 Å². The summed E-state index contributed by atoms with van der Waals surface area (Å²) in [6.45, 7) is -2.43. The Morgan fingerprint density at radius 2 is 1.60 bits per heavy atom. The van der Waals surface area contributed by atoms with Gasteiger partial charge in [-0.15, -0.1) is 0 Å². The topological polar surface area (TPSA) is 101 Å². The number of carboxylic acid groups (broad SMARTS) is 2. The highest BCUT2D eigenvalue weighted by atomic mass is 35.5. The second kappa shape index (κ2) is 13.7. The van der Waals surface area contributed by atoms with E-state index in [1.54, 1.807) is 11.8 Å². The van der Waals surface area contributed by atoms with Crippen molar-refractivity contribution in [1.29, 1.82) is 0 Å². The number of fused-ring (bicyclic) bond motifs is 2. The quantitative estimate of drug-likeness (QED) is 0.405. The van der Waals surface area contributed by atoms with Gasteiger partial charge in [-0.05, 0) is 47.4 Å². The highest BCUT2D eigenvalue weighted by molar-refractivity contribution is 7.99. The first-order chi connectivity index (χ1) is 18.3. The molecule has 3 N–H and O–H groups in total. The van der Waals surface area contributed by atoms with Crippen LogP contribution in [0.5, 0.6) is 0 Å². The molecule has 2 heterocycles. The third-order valence-corrected chi connectivity index (χ3v) is 6.94. The SMILES string of the molecule is O=C(O)CCC(=O)O.[2H]C([2H])(O)C([2H])([2H])N1CCN(CC/C=C2\c3ccccc3Sc3ccc(Cl)cc32)CC1. The molecule has 0 bridgehead atoms. The number of hydrogen-bond acceptors (Lipinski definition) is 6. The van der Waals surface area contributed by atoms with Gasteiger partial charge < -0.3 is 20.2 Å². The molecule has 2 aromatic carbocycles. The maximum Gasteiger partial charge on any atom is 0.303 e. The molecule has 2 aliphatic heterocycles. The summed E-state index contributed by atoms with van der Waals surface area (Å²) in [5.74, 6) is -2.15. The Morgan fingerprint density at radius 1 is 0.971 bits per heavy atom. The molecule has 9 heteroatoms. The van der Waals surface area contributed by atoms with Gasteiger partial charge in [-0.2, -0.15) is 0 Å². The molecule has 2 aromatic rings. The van der Waals surface area contributed by atoms with E-state index in [1.165, 1.54) is 25.8 Å². The summed E-state index contributed by atoms with van der Waals surface area (Å²) in [4.78, 5) is 25.3. The summed E-state index contributed by atoms with van der Waals surface area (Å²) in [5.41, 5.74) is 3.56. The molecule has 0 spiro atoms. The molecule has 7 nitrogen and oxygen atoms in total. The monoisotopic (exact) mass is 522 g/mol. The molecular weight excluding hydrogens is 488 g/mol. The number of benzene rings is 2. The van der Waals surface area contributed by atoms with Gasteiger partial charge >= 0.3 is 11.9 Å². The smallest absolute Gasteiger partial charge is 0.303 e. The van der Waals surface area contributed by atoms with Crippen molar-refractivity contribution in [3.8, 4) is 0 Å². The summed E-state index contributed by atoms with van der Waals surface area (Å²) in [7, 11) is 0. The molecular formula is C26H31ClN2O5S. The van der Waals surface area contributed by atoms with Crippen LogP contribution < -0.4 is 0 Å². The van der Waals surface area contributed by atoms with Crippen molar-refractivity contribution in [3.63, 3.8) is 0 Å². The lowest BCUT2D eigenvalue weighted by atomic mass is 9.96. The Hall–Kier alpha value is -2.36. The van der Waals surface area contributed by atoms with E-state index in [2.05, 4.69) is 41.3 Å². The zero-order valence-corrected chi connectivity index (χ0v) is 20.7. The molecule has 0 aromatic heterocycles. The Labute approximate surface area is 220 Å². The van der Waals surface area contributed by atoms with Crippen LogP contribution in [-0.2, 0) is 9.59 Å². The van der Waals surface area contributed by atoms with Crippen LogP contribution in [0.15, 0.2) is 58.3 Å². The third kappa shape index (κ3) is 8.37. The normalized spacial score (nSPS) is 19.2. The van der Waals surface area contributed by atoms with E-state index in [0.29, 0.717) is 26.2 Å². The van der Waals surface area contributed by atoms with Gasteiger partial charge in [-0.3, -0.25) is 14.5 Å². The van der Waals surface area contributed by atoms with Crippen LogP contribution in [0.2, 0.25) is 5.02 Å². The number of carboxylic acids is 2. The zero-order chi connectivity index (χ0) is 28.8. The first-order valence-corrected chi connectivity index (χ1v) is 12.4. The van der Waals surface area contributed by atoms with Gasteiger partial charge in [-0.25, -0.2) is 0 Å². The molecule has 4 rings (SSSR count). The van der Waals surface area contributed by atoms with Gasteiger partial charge in [0, 0.05) is 56.8 Å². The van der Waals surface area contributed by atoms with Crippen LogP contribution in [0.25, 0.3) is 5.57 Å². The number of rotatable bonds is 8. The van der Waals surface area contributed by atoms with Crippen molar-refractivity contribution >= 4 is 40.9 Å². The van der Waals surface area contributed by atoms with Crippen LogP contribution in [-0.4, -0.2) is 82.8 Å². The number of nitrogens with zero attached hydrogens (tertiary/aromatic N) is 2. The standard InChI is InChI=1S/C22H25ClN2OS.C4H6O4/c23-17-7-8-22-20(16-17)18(19-4-1-2-6-21(19)27-22)5-3-9-24-10-12-25(13-11-24)14-15-26;5-3(6)1-2-4(7)8/h1-2,4-8,16,26H,3,9-15H2;1-2H2,(H,5,6)(H,7,8)/b18-5+;/i14D2,15D2;. The summed E-state index contributed by atoms with van der Waals surface area (Å²) in [5, 5.41) is 26.0. The lowest BCUT2D eigenvalue weighted by Crippen LogP contribution is -2.47. The van der Waals surface area contributed by atoms with Crippen LogP contribution in [0.3, 0.4) is 0 Å². The van der Waals surface area contributed by atoms with Gasteiger partial charge in [0.2, 0.25) is 0 Å². The predicted octanol–water partition coefficient (Wildman–Crippen LogP) is 4.17. The molecule has 2 aliphatic rings. The second-order valence-electron chi connectivity index (χ2n) is 7.98. The number of β-amino-alcohol motifs (C(OH)–C–C–N with tert-alkyl or cyclic N) is 1. The van der Waals surface area contributed by atoms with E-state index in [0.717, 1.165) is 23.6 Å². The highest BCUT2D eigenvalue weighted by Crippen LogP contribution is 2.46. The van der Waals surface area contributed by atoms with Gasteiger partial charge in [0.25, 0.3) is 0 Å². The van der Waals surface area contributed by atoms with Crippen molar-refractivity contribution in [2.24, 2.45) is 0 Å². The minimum atomic E-state index is -2.89. The second-order valence-corrected chi connectivity index (χ2v) is 9.51. The fourth-order valence-corrected chi connectivity index (χ4v) is 5.08. The van der Waals surface area contributed by atoms with E-state index < -0.39 is 25.0 Å². The number of hydrogen-bond donors (Lipinski definition) is 3. The van der Waals surface area contributed by atoms with Crippen LogP contribution in [0.1, 0.15) is 35.9 Å². The molecule has 0 saturated carbocycles. The molecule has 1 saturated heterocycles. The molecule has 1 fully saturated rings. The number of halogens is 1.